The van der Waals surface area contributed by atoms with Crippen LogP contribution in [0.2, 0.25) is 0 Å². The largest absolute Gasteiger partial charge is 0.434 e. The number of rotatable bonds is 7. The SMILES string of the molecule is CCN(c1ccc(-c2[nH]nc(Nc3cncc(C(F)(F)F)n3)c2C(N)=O)cc1)S(=O)(=O)O. The number of hydrogen-bond acceptors (Lipinski definition) is 7. The second kappa shape index (κ2) is 8.43. The third kappa shape index (κ3) is 4.78. The molecule has 0 bridgehead atoms. The predicted octanol–water partition coefficient (Wildman–Crippen LogP) is 2.36. The first-order valence-corrected chi connectivity index (χ1v) is 10.2. The van der Waals surface area contributed by atoms with E-state index < -0.39 is 28.1 Å². The van der Waals surface area contributed by atoms with E-state index in [0.29, 0.717) is 11.8 Å². The minimum Gasteiger partial charge on any atom is -0.365 e. The number of carbonyl (C=O) groups excluding carboxylic acids is 1. The lowest BCUT2D eigenvalue weighted by Gasteiger charge is -2.18. The first kappa shape index (κ1) is 23.0. The van der Waals surface area contributed by atoms with E-state index in [1.807, 2.05) is 0 Å². The van der Waals surface area contributed by atoms with Crippen LogP contribution in [-0.2, 0) is 16.5 Å². The van der Waals surface area contributed by atoms with Crippen LogP contribution in [0, 0.1) is 0 Å². The maximum atomic E-state index is 12.8. The van der Waals surface area contributed by atoms with Crippen molar-refractivity contribution in [3.05, 3.63) is 47.9 Å². The number of benzene rings is 1. The van der Waals surface area contributed by atoms with E-state index in [-0.39, 0.29) is 35.1 Å². The van der Waals surface area contributed by atoms with Crippen LogP contribution in [0.3, 0.4) is 0 Å². The third-order valence-electron chi connectivity index (χ3n) is 4.19. The fourth-order valence-electron chi connectivity index (χ4n) is 2.84. The van der Waals surface area contributed by atoms with Crippen molar-refractivity contribution in [1.29, 1.82) is 0 Å². The molecule has 11 nitrogen and oxygen atoms in total. The van der Waals surface area contributed by atoms with Gasteiger partial charge in [0.2, 0.25) is 0 Å². The number of nitrogens with one attached hydrogen (secondary N) is 2. The third-order valence-corrected chi connectivity index (χ3v) is 5.22. The van der Waals surface area contributed by atoms with E-state index in [9.17, 15) is 30.9 Å². The average Bonchev–Trinajstić information content (AvgIpc) is 3.11. The number of aromatic amines is 1. The van der Waals surface area contributed by atoms with Gasteiger partial charge in [0.25, 0.3) is 5.91 Å². The number of nitrogens with two attached hydrogens (primary N) is 1. The van der Waals surface area contributed by atoms with Gasteiger partial charge in [0.05, 0.1) is 23.8 Å². The Labute approximate surface area is 179 Å². The molecular formula is C17H16F3N7O4S. The smallest absolute Gasteiger partial charge is 0.365 e. The molecule has 2 heterocycles. The molecule has 15 heteroatoms. The number of carbonyl (C=O) groups is 1. The van der Waals surface area contributed by atoms with Crippen molar-refractivity contribution >= 4 is 33.5 Å². The van der Waals surface area contributed by atoms with E-state index in [0.717, 1.165) is 10.5 Å². The Morgan fingerprint density at radius 3 is 2.44 bits per heavy atom. The van der Waals surface area contributed by atoms with Crippen molar-refractivity contribution in [1.82, 2.24) is 20.2 Å². The van der Waals surface area contributed by atoms with E-state index in [1.54, 1.807) is 0 Å². The summed E-state index contributed by atoms with van der Waals surface area (Å²) in [5, 5.41) is 8.92. The number of anilines is 3. The summed E-state index contributed by atoms with van der Waals surface area (Å²) in [7, 11) is -4.48. The van der Waals surface area contributed by atoms with Crippen LogP contribution in [0.4, 0.5) is 30.5 Å². The summed E-state index contributed by atoms with van der Waals surface area (Å²) in [5.41, 5.74) is 4.68. The summed E-state index contributed by atoms with van der Waals surface area (Å²) >= 11 is 0. The minimum atomic E-state index is -4.72. The van der Waals surface area contributed by atoms with Crippen LogP contribution in [0.5, 0.6) is 0 Å². The Hall–Kier alpha value is -3.72. The van der Waals surface area contributed by atoms with E-state index >= 15 is 0 Å². The van der Waals surface area contributed by atoms with E-state index in [1.165, 1.54) is 31.2 Å². The molecule has 0 atom stereocenters. The number of hydrogen-bond donors (Lipinski definition) is 4. The zero-order valence-corrected chi connectivity index (χ0v) is 17.1. The van der Waals surface area contributed by atoms with Crippen LogP contribution in [0.1, 0.15) is 23.0 Å². The molecule has 0 unspecified atom stereocenters. The normalized spacial score (nSPS) is 11.9. The van der Waals surface area contributed by atoms with Crippen molar-refractivity contribution in [2.24, 2.45) is 5.73 Å². The highest BCUT2D eigenvalue weighted by Gasteiger charge is 2.33. The molecule has 1 aromatic carbocycles. The van der Waals surface area contributed by atoms with Gasteiger partial charge in [-0.3, -0.25) is 19.4 Å². The maximum absolute atomic E-state index is 12.8. The molecule has 5 N–H and O–H groups in total. The van der Waals surface area contributed by atoms with Crippen molar-refractivity contribution < 1.29 is 30.9 Å². The Kier molecular flexibility index (Phi) is 6.05. The Morgan fingerprint density at radius 2 is 1.91 bits per heavy atom. The summed E-state index contributed by atoms with van der Waals surface area (Å²) in [6.07, 6.45) is -3.16. The highest BCUT2D eigenvalue weighted by atomic mass is 32.2. The van der Waals surface area contributed by atoms with Gasteiger partial charge in [0, 0.05) is 12.1 Å². The number of H-pyrrole nitrogens is 1. The van der Waals surface area contributed by atoms with Crippen LogP contribution in [-0.4, -0.2) is 45.6 Å². The molecule has 0 spiro atoms. The van der Waals surface area contributed by atoms with Crippen LogP contribution >= 0.6 is 0 Å². The van der Waals surface area contributed by atoms with Crippen molar-refractivity contribution in [3.63, 3.8) is 0 Å². The maximum Gasteiger partial charge on any atom is 0.434 e. The second-order valence-corrected chi connectivity index (χ2v) is 7.62. The van der Waals surface area contributed by atoms with Gasteiger partial charge in [0.15, 0.2) is 17.3 Å². The standard InChI is InChI=1S/C17H16F3N7O4S/c1-2-27(32(29,30)31)10-5-3-9(4-6-10)14-13(15(21)28)16(26-25-14)24-12-8-22-7-11(23-12)17(18,19)20/h3-8H,2H2,1H3,(H2,21,28)(H,29,30,31)(H2,23,24,25,26). The molecular weight excluding hydrogens is 455 g/mol. The topological polar surface area (TPSA) is 167 Å². The average molecular weight is 471 g/mol. The lowest BCUT2D eigenvalue weighted by atomic mass is 10.1. The quantitative estimate of drug-likeness (QED) is 0.381. The van der Waals surface area contributed by atoms with Gasteiger partial charge in [-0.2, -0.15) is 26.7 Å². The fourth-order valence-corrected chi connectivity index (χ4v) is 3.55. The molecule has 0 aliphatic rings. The summed E-state index contributed by atoms with van der Waals surface area (Å²) in [5.74, 6) is -1.44. The van der Waals surface area contributed by atoms with Crippen LogP contribution in [0.25, 0.3) is 11.3 Å². The predicted molar refractivity (Wildman–Crippen MR) is 107 cm³/mol. The lowest BCUT2D eigenvalue weighted by Crippen LogP contribution is -2.29. The number of amides is 1. The Morgan fingerprint density at radius 1 is 1.25 bits per heavy atom. The molecule has 0 radical (unpaired) electrons. The molecule has 1 amide bonds. The van der Waals surface area contributed by atoms with Crippen LogP contribution < -0.4 is 15.4 Å². The molecule has 3 rings (SSSR count). The molecule has 0 saturated heterocycles. The molecule has 0 aliphatic carbocycles. The molecule has 0 aliphatic heterocycles. The van der Waals surface area contributed by atoms with Gasteiger partial charge in [0.1, 0.15) is 5.56 Å². The van der Waals surface area contributed by atoms with Gasteiger partial charge in [-0.1, -0.05) is 12.1 Å². The summed E-state index contributed by atoms with van der Waals surface area (Å²) < 4.78 is 71.4. The summed E-state index contributed by atoms with van der Waals surface area (Å²) in [6.45, 7) is 1.50. The van der Waals surface area contributed by atoms with Crippen molar-refractivity contribution in [3.8, 4) is 11.3 Å². The highest BCUT2D eigenvalue weighted by Crippen LogP contribution is 2.31. The number of halogens is 3. The number of primary amides is 1. The van der Waals surface area contributed by atoms with Gasteiger partial charge in [-0.15, -0.1) is 0 Å². The first-order chi connectivity index (χ1) is 14.9. The number of alkyl halides is 3. The van der Waals surface area contributed by atoms with E-state index in [2.05, 4.69) is 25.5 Å². The summed E-state index contributed by atoms with van der Waals surface area (Å²) in [6, 6.07) is 5.64. The number of aromatic nitrogens is 4. The molecule has 0 fully saturated rings. The second-order valence-electron chi connectivity index (χ2n) is 6.29. The van der Waals surface area contributed by atoms with Crippen molar-refractivity contribution in [2.45, 2.75) is 13.1 Å². The summed E-state index contributed by atoms with van der Waals surface area (Å²) in [4.78, 5) is 18.9. The monoisotopic (exact) mass is 471 g/mol. The molecule has 3 aromatic rings. The molecule has 2 aromatic heterocycles. The van der Waals surface area contributed by atoms with Gasteiger partial charge < -0.3 is 11.1 Å². The number of nitrogens with zero attached hydrogens (tertiary/aromatic N) is 4. The van der Waals surface area contributed by atoms with Gasteiger partial charge in [-0.05, 0) is 19.1 Å². The minimum absolute atomic E-state index is 0.0269. The van der Waals surface area contributed by atoms with Crippen molar-refractivity contribution in [2.75, 3.05) is 16.2 Å². The molecule has 170 valence electrons. The Bertz CT molecular complexity index is 1240. The highest BCUT2D eigenvalue weighted by molar-refractivity contribution is 7.87. The molecule has 0 saturated carbocycles. The first-order valence-electron chi connectivity index (χ1n) is 8.81. The molecule has 32 heavy (non-hydrogen) atoms. The zero-order chi connectivity index (χ0) is 23.7. The zero-order valence-electron chi connectivity index (χ0n) is 16.3. The van der Waals surface area contributed by atoms with Crippen LogP contribution in [0.15, 0.2) is 36.7 Å². The Balaban J connectivity index is 1.96. The fraction of sp³-hybridized carbons (Fsp3) is 0.176. The lowest BCUT2D eigenvalue weighted by molar-refractivity contribution is -0.141. The van der Waals surface area contributed by atoms with Gasteiger partial charge in [-0.25, -0.2) is 9.29 Å². The van der Waals surface area contributed by atoms with E-state index in [4.69, 9.17) is 5.73 Å². The van der Waals surface area contributed by atoms with Gasteiger partial charge >= 0.3 is 16.5 Å².